The van der Waals surface area contributed by atoms with Gasteiger partial charge in [0.15, 0.2) is 0 Å². The first-order valence-electron chi connectivity index (χ1n) is 4.96. The lowest BCUT2D eigenvalue weighted by Crippen LogP contribution is -2.31. The number of hydrogen-bond acceptors (Lipinski definition) is 2. The van der Waals surface area contributed by atoms with E-state index in [0.717, 1.165) is 11.8 Å². The summed E-state index contributed by atoms with van der Waals surface area (Å²) in [5.74, 6) is -1.24. The molecule has 2 rings (SSSR count). The van der Waals surface area contributed by atoms with E-state index in [1.54, 1.807) is 18.2 Å². The minimum Gasteiger partial charge on any atom is -0.480 e. The molecule has 0 bridgehead atoms. The van der Waals surface area contributed by atoms with E-state index in [9.17, 15) is 14.3 Å². The summed E-state index contributed by atoms with van der Waals surface area (Å²) in [6.45, 7) is 0. The molecule has 84 valence electrons. The smallest absolute Gasteiger partial charge is 0.320 e. The summed E-state index contributed by atoms with van der Waals surface area (Å²) in [4.78, 5) is 11.7. The van der Waals surface area contributed by atoms with Crippen molar-refractivity contribution in [2.45, 2.75) is 22.5 Å². The van der Waals surface area contributed by atoms with Crippen molar-refractivity contribution in [1.29, 1.82) is 0 Å². The number of hydrogen-bond donors (Lipinski definition) is 1. The molecule has 16 heavy (non-hydrogen) atoms. The zero-order valence-electron chi connectivity index (χ0n) is 8.52. The molecule has 0 aromatic heterocycles. The third-order valence-corrected chi connectivity index (χ3v) is 4.04. The second-order valence-electron chi connectivity index (χ2n) is 3.71. The predicted molar refractivity (Wildman–Crippen MR) is 61.0 cm³/mol. The van der Waals surface area contributed by atoms with Crippen molar-refractivity contribution in [2.24, 2.45) is 0 Å². The van der Waals surface area contributed by atoms with E-state index in [0.29, 0.717) is 17.7 Å². The quantitative estimate of drug-likeness (QED) is 0.822. The second-order valence-corrected chi connectivity index (χ2v) is 5.14. The fraction of sp³-hybridized carbons (Fsp3) is 0.250. The molecule has 0 spiro atoms. The first-order valence-corrected chi connectivity index (χ1v) is 5.78. The van der Waals surface area contributed by atoms with Crippen molar-refractivity contribution < 1.29 is 14.3 Å². The zero-order chi connectivity index (χ0) is 11.6. The van der Waals surface area contributed by atoms with Crippen LogP contribution in [0.4, 0.5) is 4.39 Å². The Kier molecular flexibility index (Phi) is 3.01. The van der Waals surface area contributed by atoms with Crippen LogP contribution < -0.4 is 0 Å². The van der Waals surface area contributed by atoms with Gasteiger partial charge in [-0.15, -0.1) is 11.8 Å². The van der Waals surface area contributed by atoms with Crippen LogP contribution in [0.1, 0.15) is 12.8 Å². The van der Waals surface area contributed by atoms with E-state index in [2.05, 4.69) is 0 Å². The molecule has 0 atom stereocenters. The summed E-state index contributed by atoms with van der Waals surface area (Å²) in [5.41, 5.74) is 0. The van der Waals surface area contributed by atoms with Crippen molar-refractivity contribution in [3.63, 3.8) is 0 Å². The number of halogens is 1. The Hall–Kier alpha value is -1.29. The molecular weight excluding hydrogens is 227 g/mol. The van der Waals surface area contributed by atoms with Crippen LogP contribution in [-0.2, 0) is 4.79 Å². The van der Waals surface area contributed by atoms with Gasteiger partial charge in [-0.3, -0.25) is 4.79 Å². The molecule has 1 N–H and O–H groups in total. The van der Waals surface area contributed by atoms with Gasteiger partial charge in [0.1, 0.15) is 10.6 Å². The summed E-state index contributed by atoms with van der Waals surface area (Å²) in [6, 6.07) is 6.27. The first-order chi connectivity index (χ1) is 7.64. The van der Waals surface area contributed by atoms with Crippen molar-refractivity contribution in [3.05, 3.63) is 42.2 Å². The average Bonchev–Trinajstić information content (AvgIpc) is 2.71. The van der Waals surface area contributed by atoms with Crippen LogP contribution in [0.5, 0.6) is 0 Å². The minimum atomic E-state index is -0.928. The third-order valence-electron chi connectivity index (χ3n) is 2.59. The summed E-state index contributed by atoms with van der Waals surface area (Å²) in [5, 5.41) is 9.23. The van der Waals surface area contributed by atoms with E-state index < -0.39 is 10.7 Å². The maximum Gasteiger partial charge on any atom is 0.320 e. The Bertz CT molecular complexity index is 434. The zero-order valence-corrected chi connectivity index (χ0v) is 9.34. The van der Waals surface area contributed by atoms with Gasteiger partial charge in [-0.1, -0.05) is 24.3 Å². The highest BCUT2D eigenvalue weighted by Crippen LogP contribution is 2.43. The minimum absolute atomic E-state index is 0.361. The molecule has 0 fully saturated rings. The topological polar surface area (TPSA) is 37.3 Å². The number of benzene rings is 1. The Morgan fingerprint density at radius 1 is 1.31 bits per heavy atom. The van der Waals surface area contributed by atoms with Crippen LogP contribution in [0.2, 0.25) is 0 Å². The summed E-state index contributed by atoms with van der Waals surface area (Å²) in [6.07, 6.45) is 4.56. The van der Waals surface area contributed by atoms with Crippen molar-refractivity contribution in [1.82, 2.24) is 0 Å². The van der Waals surface area contributed by atoms with Crippen LogP contribution in [0.15, 0.2) is 41.3 Å². The van der Waals surface area contributed by atoms with Gasteiger partial charge in [0.2, 0.25) is 0 Å². The number of aliphatic carboxylic acids is 1. The van der Waals surface area contributed by atoms with Gasteiger partial charge in [-0.05, 0) is 25.0 Å². The Morgan fingerprint density at radius 2 is 1.94 bits per heavy atom. The molecule has 2 nitrogen and oxygen atoms in total. The molecule has 1 aromatic rings. The summed E-state index contributed by atoms with van der Waals surface area (Å²) in [7, 11) is 0. The summed E-state index contributed by atoms with van der Waals surface area (Å²) >= 11 is 1.10. The molecule has 4 heteroatoms. The maximum atomic E-state index is 13.4. The van der Waals surface area contributed by atoms with Gasteiger partial charge in [0.05, 0.1) is 0 Å². The molecule has 0 radical (unpaired) electrons. The van der Waals surface area contributed by atoms with Gasteiger partial charge in [-0.2, -0.15) is 0 Å². The van der Waals surface area contributed by atoms with Crippen LogP contribution >= 0.6 is 11.8 Å². The molecule has 0 heterocycles. The molecule has 1 aliphatic rings. The largest absolute Gasteiger partial charge is 0.480 e. The maximum absolute atomic E-state index is 13.4. The summed E-state index contributed by atoms with van der Waals surface area (Å²) < 4.78 is 12.5. The standard InChI is InChI=1S/C12H11FO2S/c13-9-5-1-2-6-10(9)16-12(11(14)15)7-3-4-8-12/h1-6H,7-8H2,(H,14,15). The van der Waals surface area contributed by atoms with Crippen molar-refractivity contribution in [2.75, 3.05) is 0 Å². The molecule has 0 unspecified atom stereocenters. The van der Waals surface area contributed by atoms with E-state index in [1.165, 1.54) is 6.07 Å². The Morgan fingerprint density at radius 3 is 2.50 bits per heavy atom. The Labute approximate surface area is 97.2 Å². The van der Waals surface area contributed by atoms with E-state index in [4.69, 9.17) is 0 Å². The number of allylic oxidation sites excluding steroid dienone is 2. The average molecular weight is 238 g/mol. The van der Waals surface area contributed by atoms with Crippen molar-refractivity contribution >= 4 is 17.7 Å². The second kappa shape index (κ2) is 4.29. The number of thioether (sulfide) groups is 1. The van der Waals surface area contributed by atoms with Gasteiger partial charge in [0.25, 0.3) is 0 Å². The van der Waals surface area contributed by atoms with Gasteiger partial charge in [-0.25, -0.2) is 4.39 Å². The predicted octanol–water partition coefficient (Wildman–Crippen LogP) is 3.09. The molecule has 1 aromatic carbocycles. The molecule has 1 aliphatic carbocycles. The SMILES string of the molecule is O=C(O)C1(Sc2ccccc2F)CC=CC1. The number of carboxylic acids is 1. The molecular formula is C12H11FO2S. The van der Waals surface area contributed by atoms with Crippen LogP contribution in [0.25, 0.3) is 0 Å². The molecule has 0 aliphatic heterocycles. The fourth-order valence-electron chi connectivity index (χ4n) is 1.67. The molecule has 0 saturated carbocycles. The highest BCUT2D eigenvalue weighted by atomic mass is 32.2. The fourth-order valence-corrected chi connectivity index (χ4v) is 2.85. The Balaban J connectivity index is 2.26. The lowest BCUT2D eigenvalue weighted by Gasteiger charge is -2.23. The van der Waals surface area contributed by atoms with E-state index in [-0.39, 0.29) is 5.82 Å². The molecule has 0 saturated heterocycles. The van der Waals surface area contributed by atoms with Crippen LogP contribution in [0.3, 0.4) is 0 Å². The van der Waals surface area contributed by atoms with Gasteiger partial charge in [0, 0.05) is 4.90 Å². The number of carbonyl (C=O) groups is 1. The van der Waals surface area contributed by atoms with Crippen LogP contribution in [-0.4, -0.2) is 15.8 Å². The van der Waals surface area contributed by atoms with Crippen LogP contribution in [0, 0.1) is 5.82 Å². The monoisotopic (exact) mass is 238 g/mol. The lowest BCUT2D eigenvalue weighted by atomic mass is 10.1. The highest BCUT2D eigenvalue weighted by Gasteiger charge is 2.40. The van der Waals surface area contributed by atoms with E-state index >= 15 is 0 Å². The van der Waals surface area contributed by atoms with Crippen molar-refractivity contribution in [3.8, 4) is 0 Å². The highest BCUT2D eigenvalue weighted by molar-refractivity contribution is 8.01. The van der Waals surface area contributed by atoms with Gasteiger partial charge >= 0.3 is 5.97 Å². The van der Waals surface area contributed by atoms with E-state index in [1.807, 2.05) is 12.2 Å². The first kappa shape index (κ1) is 11.2. The third kappa shape index (κ3) is 1.97. The number of rotatable bonds is 3. The lowest BCUT2D eigenvalue weighted by molar-refractivity contribution is -0.139. The number of carboxylic acid groups (broad SMARTS) is 1. The molecule has 0 amide bonds. The van der Waals surface area contributed by atoms with Gasteiger partial charge < -0.3 is 5.11 Å². The normalized spacial score (nSPS) is 17.6.